The Labute approximate surface area is 162 Å². The van der Waals surface area contributed by atoms with Crippen LogP contribution in [0.2, 0.25) is 0 Å². The first-order valence-electron chi connectivity index (χ1n) is 9.51. The molecule has 2 aromatic rings. The van der Waals surface area contributed by atoms with E-state index in [0.717, 1.165) is 72.6 Å². The van der Waals surface area contributed by atoms with Gasteiger partial charge in [-0.05, 0) is 79.2 Å². The topological polar surface area (TPSA) is 67.0 Å². The molecule has 7 heteroatoms. The molecule has 138 valence electrons. The Bertz CT molecular complexity index is 802. The van der Waals surface area contributed by atoms with E-state index in [4.69, 9.17) is 10.00 Å². The van der Waals surface area contributed by atoms with Gasteiger partial charge >= 0.3 is 0 Å². The molecule has 1 aliphatic heterocycles. The molecular weight excluding hydrogens is 394 g/mol. The van der Waals surface area contributed by atoms with E-state index in [1.54, 1.807) is 0 Å². The normalized spacial score (nSPS) is 18.9. The maximum Gasteiger partial charge on any atom is 0.135 e. The van der Waals surface area contributed by atoms with Gasteiger partial charge in [-0.15, -0.1) is 5.10 Å². The summed E-state index contributed by atoms with van der Waals surface area (Å²) >= 11 is 3.64. The van der Waals surface area contributed by atoms with E-state index < -0.39 is 0 Å². The molecule has 1 saturated heterocycles. The van der Waals surface area contributed by atoms with Gasteiger partial charge in [0.25, 0.3) is 0 Å². The van der Waals surface area contributed by atoms with Crippen molar-refractivity contribution < 1.29 is 4.74 Å². The third-order valence-corrected chi connectivity index (χ3v) is 6.13. The Kier molecular flexibility index (Phi) is 5.41. The van der Waals surface area contributed by atoms with Gasteiger partial charge in [-0.2, -0.15) is 5.26 Å². The van der Waals surface area contributed by atoms with Crippen LogP contribution < -0.4 is 4.74 Å². The molecule has 0 radical (unpaired) electrons. The number of nitriles is 1. The molecule has 0 unspecified atom stereocenters. The highest BCUT2D eigenvalue weighted by molar-refractivity contribution is 9.10. The third-order valence-electron chi connectivity index (χ3n) is 5.36. The van der Waals surface area contributed by atoms with Crippen LogP contribution in [0.1, 0.15) is 32.1 Å². The maximum atomic E-state index is 8.96. The summed E-state index contributed by atoms with van der Waals surface area (Å²) in [6.45, 7) is 4.72. The summed E-state index contributed by atoms with van der Waals surface area (Å²) in [5.74, 6) is 1.85. The monoisotopic (exact) mass is 417 g/mol. The number of hydrogen-bond acceptors (Lipinski definition) is 5. The zero-order valence-electron chi connectivity index (χ0n) is 14.9. The summed E-state index contributed by atoms with van der Waals surface area (Å²) in [6.07, 6.45) is 5.58. The lowest BCUT2D eigenvalue weighted by Gasteiger charge is -2.28. The van der Waals surface area contributed by atoms with Crippen molar-refractivity contribution in [1.29, 1.82) is 5.26 Å². The minimum Gasteiger partial charge on any atom is -0.492 e. The van der Waals surface area contributed by atoms with Gasteiger partial charge in [0.2, 0.25) is 0 Å². The van der Waals surface area contributed by atoms with E-state index in [1.165, 1.54) is 12.8 Å². The van der Waals surface area contributed by atoms with Gasteiger partial charge in [0.1, 0.15) is 11.3 Å². The number of rotatable bonds is 7. The minimum absolute atomic E-state index is 0.249. The summed E-state index contributed by atoms with van der Waals surface area (Å²) in [7, 11) is 0. The Balaban J connectivity index is 1.29. The van der Waals surface area contributed by atoms with Crippen LogP contribution in [0.15, 0.2) is 16.6 Å². The van der Waals surface area contributed by atoms with E-state index in [1.807, 2.05) is 10.7 Å². The van der Waals surface area contributed by atoms with Gasteiger partial charge in [-0.25, -0.2) is 4.68 Å². The second-order valence-electron chi connectivity index (χ2n) is 7.41. The molecule has 1 saturated carbocycles. The smallest absolute Gasteiger partial charge is 0.135 e. The zero-order chi connectivity index (χ0) is 17.9. The quantitative estimate of drug-likeness (QED) is 0.643. The van der Waals surface area contributed by atoms with Crippen molar-refractivity contribution in [2.45, 2.75) is 38.6 Å². The van der Waals surface area contributed by atoms with Crippen molar-refractivity contribution >= 4 is 27.0 Å². The number of ether oxygens (including phenoxy) is 1. The molecule has 4 rings (SSSR count). The SMILES string of the molecule is N#CC1CCN(CCCOc2ccc3c(nnn3CC3CC3)c2Br)CC1. The van der Waals surface area contributed by atoms with Crippen LogP contribution >= 0.6 is 15.9 Å². The maximum absolute atomic E-state index is 8.96. The fraction of sp³-hybridized carbons (Fsp3) is 0.632. The average molecular weight is 418 g/mol. The van der Waals surface area contributed by atoms with Crippen molar-refractivity contribution in [2.24, 2.45) is 11.8 Å². The summed E-state index contributed by atoms with van der Waals surface area (Å²) in [5, 5.41) is 17.6. The number of aromatic nitrogens is 3. The first-order valence-corrected chi connectivity index (χ1v) is 10.3. The molecule has 0 N–H and O–H groups in total. The van der Waals surface area contributed by atoms with E-state index in [-0.39, 0.29) is 5.92 Å². The van der Waals surface area contributed by atoms with Crippen LogP contribution in [0.25, 0.3) is 11.0 Å². The lowest BCUT2D eigenvalue weighted by Crippen LogP contribution is -2.34. The number of halogens is 1. The highest BCUT2D eigenvalue weighted by atomic mass is 79.9. The standard InChI is InChI=1S/C19H24BrN5O/c20-18-17(26-11-1-8-24-9-6-14(12-21)7-10-24)5-4-16-19(18)22-23-25(16)13-15-2-3-15/h4-5,14-15H,1-3,6-11,13H2. The number of benzene rings is 1. The molecule has 0 spiro atoms. The van der Waals surface area contributed by atoms with Crippen molar-refractivity contribution in [2.75, 3.05) is 26.2 Å². The van der Waals surface area contributed by atoms with Gasteiger partial charge in [0.15, 0.2) is 0 Å². The predicted molar refractivity (Wildman–Crippen MR) is 103 cm³/mol. The second-order valence-corrected chi connectivity index (χ2v) is 8.20. The zero-order valence-corrected chi connectivity index (χ0v) is 16.5. The van der Waals surface area contributed by atoms with E-state index in [0.29, 0.717) is 6.61 Å². The highest BCUT2D eigenvalue weighted by Crippen LogP contribution is 2.34. The molecule has 2 heterocycles. The van der Waals surface area contributed by atoms with Crippen molar-refractivity contribution in [3.8, 4) is 11.8 Å². The highest BCUT2D eigenvalue weighted by Gasteiger charge is 2.24. The molecule has 6 nitrogen and oxygen atoms in total. The lowest BCUT2D eigenvalue weighted by atomic mass is 9.98. The predicted octanol–water partition coefficient (Wildman–Crippen LogP) is 3.61. The molecular formula is C19H24BrN5O. The number of nitrogens with zero attached hydrogens (tertiary/aromatic N) is 5. The molecule has 1 aromatic carbocycles. The van der Waals surface area contributed by atoms with E-state index in [9.17, 15) is 0 Å². The Morgan fingerprint density at radius 2 is 2.04 bits per heavy atom. The lowest BCUT2D eigenvalue weighted by molar-refractivity contribution is 0.187. The summed E-state index contributed by atoms with van der Waals surface area (Å²) in [6, 6.07) is 6.45. The molecule has 0 atom stereocenters. The number of likely N-dealkylation sites (tertiary alicyclic amines) is 1. The van der Waals surface area contributed by atoms with Crippen molar-refractivity contribution in [1.82, 2.24) is 19.9 Å². The molecule has 0 amide bonds. The number of hydrogen-bond donors (Lipinski definition) is 0. The minimum atomic E-state index is 0.249. The van der Waals surface area contributed by atoms with E-state index in [2.05, 4.69) is 43.3 Å². The first kappa shape index (κ1) is 17.7. The molecule has 2 fully saturated rings. The van der Waals surface area contributed by atoms with Crippen molar-refractivity contribution in [3.05, 3.63) is 16.6 Å². The Hall–Kier alpha value is -1.65. The fourth-order valence-corrected chi connectivity index (χ4v) is 4.06. The van der Waals surface area contributed by atoms with Crippen LogP contribution in [0.5, 0.6) is 5.75 Å². The van der Waals surface area contributed by atoms with Gasteiger partial charge in [-0.3, -0.25) is 0 Å². The molecule has 1 aliphatic carbocycles. The van der Waals surface area contributed by atoms with Gasteiger partial charge in [0.05, 0.1) is 22.7 Å². The molecule has 2 aliphatic rings. The van der Waals surface area contributed by atoms with Crippen LogP contribution in [-0.4, -0.2) is 46.1 Å². The number of fused-ring (bicyclic) bond motifs is 1. The van der Waals surface area contributed by atoms with Crippen LogP contribution in [0.3, 0.4) is 0 Å². The van der Waals surface area contributed by atoms with Gasteiger partial charge in [0, 0.05) is 19.0 Å². The average Bonchev–Trinajstić information content (AvgIpc) is 3.39. The molecule has 1 aromatic heterocycles. The largest absolute Gasteiger partial charge is 0.492 e. The summed E-state index contributed by atoms with van der Waals surface area (Å²) in [4.78, 5) is 2.43. The third kappa shape index (κ3) is 4.02. The summed E-state index contributed by atoms with van der Waals surface area (Å²) in [5.41, 5.74) is 1.94. The summed E-state index contributed by atoms with van der Waals surface area (Å²) < 4.78 is 8.88. The number of piperidine rings is 1. The van der Waals surface area contributed by atoms with Gasteiger partial charge < -0.3 is 9.64 Å². The molecule has 0 bridgehead atoms. The van der Waals surface area contributed by atoms with E-state index >= 15 is 0 Å². The van der Waals surface area contributed by atoms with Crippen LogP contribution in [-0.2, 0) is 6.54 Å². The first-order chi connectivity index (χ1) is 12.7. The van der Waals surface area contributed by atoms with Crippen LogP contribution in [0, 0.1) is 23.2 Å². The Morgan fingerprint density at radius 3 is 2.77 bits per heavy atom. The second kappa shape index (κ2) is 7.93. The van der Waals surface area contributed by atoms with Crippen LogP contribution in [0.4, 0.5) is 0 Å². The van der Waals surface area contributed by atoms with Gasteiger partial charge in [-0.1, -0.05) is 5.21 Å². The Morgan fingerprint density at radius 1 is 1.23 bits per heavy atom. The molecule has 26 heavy (non-hydrogen) atoms. The van der Waals surface area contributed by atoms with Crippen molar-refractivity contribution in [3.63, 3.8) is 0 Å². The fourth-order valence-electron chi connectivity index (χ4n) is 3.53.